The molecule has 0 radical (unpaired) electrons. The first-order valence-electron chi connectivity index (χ1n) is 8.67. The summed E-state index contributed by atoms with van der Waals surface area (Å²) in [6.45, 7) is 1.14. The van der Waals surface area contributed by atoms with Crippen molar-refractivity contribution >= 4 is 22.8 Å². The van der Waals surface area contributed by atoms with Gasteiger partial charge in [-0.25, -0.2) is 20.0 Å². The molecule has 0 aromatic carbocycles. The average Bonchev–Trinajstić information content (AvgIpc) is 3.46. The lowest BCUT2D eigenvalue weighted by Crippen LogP contribution is -2.36. The summed E-state index contributed by atoms with van der Waals surface area (Å²) < 4.78 is 3.73. The summed E-state index contributed by atoms with van der Waals surface area (Å²) in [5.74, 6) is 0.394. The summed E-state index contributed by atoms with van der Waals surface area (Å²) >= 11 is 1.52. The third kappa shape index (κ3) is 2.81. The molecule has 5 rings (SSSR count). The van der Waals surface area contributed by atoms with E-state index in [4.69, 9.17) is 4.84 Å². The number of hydrogen-bond acceptors (Lipinski definition) is 6. The summed E-state index contributed by atoms with van der Waals surface area (Å²) in [6.07, 6.45) is 9.10. The van der Waals surface area contributed by atoms with E-state index in [-0.39, 0.29) is 5.91 Å². The van der Waals surface area contributed by atoms with Gasteiger partial charge in [0.05, 0.1) is 12.1 Å². The van der Waals surface area contributed by atoms with E-state index in [0.717, 1.165) is 23.5 Å². The van der Waals surface area contributed by atoms with Crippen LogP contribution in [0, 0.1) is 0 Å². The zero-order valence-corrected chi connectivity index (χ0v) is 15.2. The van der Waals surface area contributed by atoms with Gasteiger partial charge in [0, 0.05) is 30.5 Å². The molecule has 1 aliphatic heterocycles. The van der Waals surface area contributed by atoms with Crippen molar-refractivity contribution in [3.63, 3.8) is 0 Å². The van der Waals surface area contributed by atoms with Crippen LogP contribution in [0.1, 0.15) is 23.3 Å². The molecule has 0 N–H and O–H groups in total. The van der Waals surface area contributed by atoms with Crippen molar-refractivity contribution in [1.82, 2.24) is 29.0 Å². The van der Waals surface area contributed by atoms with Crippen molar-refractivity contribution in [2.75, 3.05) is 13.2 Å². The summed E-state index contributed by atoms with van der Waals surface area (Å²) in [5.41, 5.74) is 1.77. The number of pyridine rings is 1. The monoisotopic (exact) mass is 380 g/mol. The molecule has 1 amide bonds. The highest BCUT2D eigenvalue weighted by atomic mass is 32.1. The summed E-state index contributed by atoms with van der Waals surface area (Å²) in [6, 6.07) is 5.68. The van der Waals surface area contributed by atoms with Crippen molar-refractivity contribution in [2.45, 2.75) is 12.8 Å². The third-order valence-corrected chi connectivity index (χ3v) is 5.22. The summed E-state index contributed by atoms with van der Waals surface area (Å²) in [7, 11) is 0. The van der Waals surface area contributed by atoms with Crippen LogP contribution in [0.4, 0.5) is 0 Å². The molecule has 4 aromatic rings. The molecule has 0 aliphatic carbocycles. The molecule has 1 saturated heterocycles. The number of amides is 1. The Morgan fingerprint density at radius 3 is 3.00 bits per heavy atom. The number of nitrogens with zero attached hydrogens (tertiary/aromatic N) is 6. The molecule has 136 valence electrons. The van der Waals surface area contributed by atoms with E-state index >= 15 is 0 Å². The number of aromatic nitrogens is 5. The van der Waals surface area contributed by atoms with Crippen LogP contribution in [-0.4, -0.2) is 48.0 Å². The highest BCUT2D eigenvalue weighted by Gasteiger charge is 2.26. The number of thiazole rings is 1. The molecule has 5 heterocycles. The van der Waals surface area contributed by atoms with Gasteiger partial charge in [0.1, 0.15) is 12.0 Å². The van der Waals surface area contributed by atoms with Crippen molar-refractivity contribution in [3.05, 3.63) is 54.2 Å². The topological polar surface area (TPSA) is 77.5 Å². The molecule has 0 bridgehead atoms. The smallest absolute Gasteiger partial charge is 0.298 e. The Labute approximate surface area is 158 Å². The van der Waals surface area contributed by atoms with Crippen LogP contribution in [0.2, 0.25) is 0 Å². The lowest BCUT2D eigenvalue weighted by atomic mass is 10.2. The first-order chi connectivity index (χ1) is 13.3. The second-order valence-corrected chi connectivity index (χ2v) is 7.04. The average molecular weight is 380 g/mol. The highest BCUT2D eigenvalue weighted by molar-refractivity contribution is 7.12. The van der Waals surface area contributed by atoms with Crippen molar-refractivity contribution < 1.29 is 9.63 Å². The molecular formula is C18H16N6O2S. The number of imidazole rings is 2. The summed E-state index contributed by atoms with van der Waals surface area (Å²) in [5, 5.41) is 4.15. The maximum absolute atomic E-state index is 12.9. The van der Waals surface area contributed by atoms with Crippen LogP contribution in [-0.2, 0) is 4.84 Å². The number of carbonyl (C=O) groups excluding carboxylic acids is 1. The number of carbonyl (C=O) groups is 1. The quantitative estimate of drug-likeness (QED) is 0.546. The zero-order valence-electron chi connectivity index (χ0n) is 14.4. The van der Waals surface area contributed by atoms with Gasteiger partial charge in [-0.3, -0.25) is 18.6 Å². The van der Waals surface area contributed by atoms with Gasteiger partial charge >= 0.3 is 0 Å². The van der Waals surface area contributed by atoms with Crippen molar-refractivity contribution in [3.8, 4) is 16.6 Å². The van der Waals surface area contributed by atoms with E-state index in [9.17, 15) is 4.79 Å². The first-order valence-corrected chi connectivity index (χ1v) is 9.55. The Kier molecular flexibility index (Phi) is 3.95. The Hall–Kier alpha value is -3.04. The van der Waals surface area contributed by atoms with Crippen LogP contribution in [0.3, 0.4) is 0 Å². The molecule has 9 heteroatoms. The lowest BCUT2D eigenvalue weighted by Gasteiger charge is -2.25. The fraction of sp³-hybridized carbons (Fsp3) is 0.222. The van der Waals surface area contributed by atoms with Gasteiger partial charge in [-0.05, 0) is 25.0 Å². The second kappa shape index (κ2) is 6.60. The fourth-order valence-corrected chi connectivity index (χ4v) is 3.72. The number of fused-ring (bicyclic) bond motifs is 1. The predicted octanol–water partition coefficient (Wildman–Crippen LogP) is 2.81. The molecule has 1 aliphatic rings. The number of hydroxylamine groups is 2. The normalized spacial score (nSPS) is 14.7. The van der Waals surface area contributed by atoms with E-state index in [1.165, 1.54) is 16.4 Å². The van der Waals surface area contributed by atoms with Crippen molar-refractivity contribution in [2.24, 2.45) is 0 Å². The Morgan fingerprint density at radius 1 is 1.22 bits per heavy atom. The zero-order chi connectivity index (χ0) is 18.2. The number of hydrogen-bond donors (Lipinski definition) is 0. The van der Waals surface area contributed by atoms with Gasteiger partial charge in [0.15, 0.2) is 16.6 Å². The molecule has 0 unspecified atom stereocenters. The molecule has 1 fully saturated rings. The van der Waals surface area contributed by atoms with E-state index in [1.54, 1.807) is 12.5 Å². The standard InChI is InChI=1S/C18H16N6O2S/c25-17(24-8-3-4-9-26-24)15-14-5-1-2-7-23(14)16(21-15)13-11-22(12-20-13)18-19-6-10-27-18/h1-2,5-7,10-12H,3-4,8-9H2. The van der Waals surface area contributed by atoms with E-state index in [1.807, 2.05) is 44.9 Å². The van der Waals surface area contributed by atoms with Crippen LogP contribution >= 0.6 is 11.3 Å². The van der Waals surface area contributed by atoms with Crippen LogP contribution in [0.15, 0.2) is 48.5 Å². The van der Waals surface area contributed by atoms with E-state index < -0.39 is 0 Å². The van der Waals surface area contributed by atoms with Crippen LogP contribution < -0.4 is 0 Å². The fourth-order valence-electron chi connectivity index (χ4n) is 3.14. The molecular weight excluding hydrogens is 364 g/mol. The summed E-state index contributed by atoms with van der Waals surface area (Å²) in [4.78, 5) is 31.8. The van der Waals surface area contributed by atoms with Crippen LogP contribution in [0.5, 0.6) is 0 Å². The Bertz CT molecular complexity index is 1090. The first kappa shape index (κ1) is 16.2. The van der Waals surface area contributed by atoms with Gasteiger partial charge < -0.3 is 0 Å². The minimum absolute atomic E-state index is 0.219. The molecule has 4 aromatic heterocycles. The maximum atomic E-state index is 12.9. The predicted molar refractivity (Wildman–Crippen MR) is 99.6 cm³/mol. The van der Waals surface area contributed by atoms with Gasteiger partial charge in [0.25, 0.3) is 5.91 Å². The van der Waals surface area contributed by atoms with E-state index in [2.05, 4.69) is 15.0 Å². The molecule has 27 heavy (non-hydrogen) atoms. The molecule has 8 nitrogen and oxygen atoms in total. The van der Waals surface area contributed by atoms with Gasteiger partial charge in [0.2, 0.25) is 0 Å². The largest absolute Gasteiger partial charge is 0.298 e. The van der Waals surface area contributed by atoms with Crippen molar-refractivity contribution in [1.29, 1.82) is 0 Å². The Balaban J connectivity index is 1.58. The molecule has 0 spiro atoms. The Morgan fingerprint density at radius 2 is 2.19 bits per heavy atom. The van der Waals surface area contributed by atoms with Gasteiger partial charge in [-0.2, -0.15) is 0 Å². The molecule has 0 saturated carbocycles. The minimum Gasteiger partial charge on any atom is -0.298 e. The highest BCUT2D eigenvalue weighted by Crippen LogP contribution is 2.24. The van der Waals surface area contributed by atoms with Gasteiger partial charge in [-0.15, -0.1) is 11.3 Å². The molecule has 0 atom stereocenters. The number of rotatable bonds is 3. The minimum atomic E-state index is -0.219. The van der Waals surface area contributed by atoms with Gasteiger partial charge in [-0.1, -0.05) is 6.07 Å². The maximum Gasteiger partial charge on any atom is 0.298 e. The third-order valence-electron chi connectivity index (χ3n) is 4.43. The van der Waals surface area contributed by atoms with E-state index in [0.29, 0.717) is 30.4 Å². The van der Waals surface area contributed by atoms with Crippen LogP contribution in [0.25, 0.3) is 22.2 Å². The second-order valence-electron chi connectivity index (χ2n) is 6.17. The lowest BCUT2D eigenvalue weighted by molar-refractivity contribution is -0.144. The SMILES string of the molecule is O=C(c1nc(-c2cn(-c3nccs3)cn2)n2ccccc12)N1CCCCO1.